The third kappa shape index (κ3) is 5.68. The van der Waals surface area contributed by atoms with Crippen molar-refractivity contribution < 1.29 is 45.8 Å². The van der Waals surface area contributed by atoms with Crippen LogP contribution in [0.2, 0.25) is 0 Å². The Labute approximate surface area is 203 Å². The Kier molecular flexibility index (Phi) is 8.05. The second-order valence-electron chi connectivity index (χ2n) is 8.27. The van der Waals surface area contributed by atoms with Crippen molar-refractivity contribution in [3.8, 4) is 5.75 Å². The molecule has 1 aromatic carbocycles. The van der Waals surface area contributed by atoms with Gasteiger partial charge in [-0.25, -0.2) is 9.78 Å². The first-order valence-electron chi connectivity index (χ1n) is 11.2. The lowest BCUT2D eigenvalue weighted by molar-refractivity contribution is -0.275. The molecule has 36 heavy (non-hydrogen) atoms. The number of oxazole rings is 1. The second-order valence-corrected chi connectivity index (χ2v) is 8.27. The van der Waals surface area contributed by atoms with Crippen LogP contribution < -0.4 is 4.74 Å². The van der Waals surface area contributed by atoms with Gasteiger partial charge in [0, 0.05) is 13.0 Å². The van der Waals surface area contributed by atoms with E-state index in [0.29, 0.717) is 29.3 Å². The minimum absolute atomic E-state index is 0.0499. The molecular weight excluding hydrogens is 491 g/mol. The smallest absolute Gasteiger partial charge is 0.463 e. The zero-order valence-corrected chi connectivity index (χ0v) is 19.6. The number of benzene rings is 1. The fourth-order valence-corrected chi connectivity index (χ4v) is 3.84. The van der Waals surface area contributed by atoms with E-state index in [0.717, 1.165) is 12.8 Å². The third-order valence-corrected chi connectivity index (χ3v) is 5.70. The number of nitrogens with zero attached hydrogens (tertiary/aromatic N) is 2. The highest BCUT2D eigenvalue weighted by Gasteiger charge is 2.65. The van der Waals surface area contributed by atoms with Gasteiger partial charge < -0.3 is 19.2 Å². The Morgan fingerprint density at radius 2 is 2.00 bits per heavy atom. The number of aliphatic carboxylic acids is 1. The van der Waals surface area contributed by atoms with Gasteiger partial charge >= 0.3 is 24.0 Å². The van der Waals surface area contributed by atoms with Gasteiger partial charge in [0.25, 0.3) is 0 Å². The molecule has 1 aromatic heterocycles. The van der Waals surface area contributed by atoms with E-state index in [1.165, 1.54) is 18.2 Å². The molecule has 1 amide bonds. The summed E-state index contributed by atoms with van der Waals surface area (Å²) in [6.45, 7) is 3.30. The molecule has 1 N–H and O–H groups in total. The van der Waals surface area contributed by atoms with Crippen LogP contribution in [0.25, 0.3) is 6.08 Å². The topological polar surface area (TPSA) is 92.9 Å². The van der Waals surface area contributed by atoms with Gasteiger partial charge in [0.2, 0.25) is 5.89 Å². The number of aryl methyl sites for hydroxylation is 1. The molecule has 1 aliphatic heterocycles. The number of carboxylic acid groups (broad SMARTS) is 1. The molecule has 1 atom stereocenters. The Hall–Kier alpha value is -3.44. The maximum atomic E-state index is 13.7. The molecule has 0 saturated heterocycles. The molecule has 1 unspecified atom stereocenters. The van der Waals surface area contributed by atoms with Gasteiger partial charge in [-0.1, -0.05) is 25.5 Å². The van der Waals surface area contributed by atoms with Crippen LogP contribution in [-0.2, 0) is 22.4 Å². The van der Waals surface area contributed by atoms with Crippen LogP contribution in [0.1, 0.15) is 54.3 Å². The summed E-state index contributed by atoms with van der Waals surface area (Å²) in [5.74, 6) is -8.83. The van der Waals surface area contributed by atoms with Gasteiger partial charge in [0.15, 0.2) is 6.04 Å². The average molecular weight is 516 g/mol. The number of hydrogen-bond donors (Lipinski definition) is 1. The number of carboxylic acids is 1. The maximum absolute atomic E-state index is 13.7. The largest absolute Gasteiger partial charge is 0.493 e. The van der Waals surface area contributed by atoms with E-state index in [9.17, 15) is 36.6 Å². The van der Waals surface area contributed by atoms with Gasteiger partial charge in [-0.2, -0.15) is 22.0 Å². The summed E-state index contributed by atoms with van der Waals surface area (Å²) < 4.78 is 76.8. The van der Waals surface area contributed by atoms with E-state index in [1.807, 2.05) is 13.0 Å². The third-order valence-electron chi connectivity index (χ3n) is 5.70. The van der Waals surface area contributed by atoms with Gasteiger partial charge in [-0.05, 0) is 49.1 Å². The molecule has 7 nitrogen and oxygen atoms in total. The molecule has 0 bridgehead atoms. The van der Waals surface area contributed by atoms with Crippen molar-refractivity contribution in [2.75, 3.05) is 13.2 Å². The number of rotatable bonds is 9. The summed E-state index contributed by atoms with van der Waals surface area (Å²) in [4.78, 5) is 28.4. The quantitative estimate of drug-likeness (QED) is 0.465. The fraction of sp³-hybridized carbons (Fsp3) is 0.458. The zero-order chi connectivity index (χ0) is 26.7. The van der Waals surface area contributed by atoms with E-state index < -0.39 is 36.6 Å². The van der Waals surface area contributed by atoms with Gasteiger partial charge in [0.05, 0.1) is 12.3 Å². The van der Waals surface area contributed by atoms with Gasteiger partial charge in [-0.15, -0.1) is 0 Å². The number of halogens is 5. The number of hydrogen-bond acceptors (Lipinski definition) is 5. The van der Waals surface area contributed by atoms with Crippen LogP contribution in [0.5, 0.6) is 5.75 Å². The fourth-order valence-electron chi connectivity index (χ4n) is 3.84. The SMILES string of the molecule is CCCC=Cc1nc(CCOc2ccc3c(c2)C(C(=O)O)N(C(=O)C(F)(F)C(F)(F)F)CC3)c(C)o1. The highest BCUT2D eigenvalue weighted by atomic mass is 19.4. The number of ether oxygens (including phenoxy) is 1. The lowest BCUT2D eigenvalue weighted by atomic mass is 9.91. The number of fused-ring (bicyclic) bond motifs is 1. The lowest BCUT2D eigenvalue weighted by Gasteiger charge is -2.37. The monoisotopic (exact) mass is 516 g/mol. The summed E-state index contributed by atoms with van der Waals surface area (Å²) in [5.41, 5.74) is 0.974. The first-order chi connectivity index (χ1) is 16.9. The van der Waals surface area contributed by atoms with E-state index in [4.69, 9.17) is 9.15 Å². The van der Waals surface area contributed by atoms with Crippen molar-refractivity contribution in [3.05, 3.63) is 52.7 Å². The molecular formula is C24H25F5N2O5. The molecule has 2 heterocycles. The molecule has 2 aromatic rings. The van der Waals surface area contributed by atoms with Crippen LogP contribution in [-0.4, -0.2) is 52.1 Å². The molecule has 3 rings (SSSR count). The minimum atomic E-state index is -6.15. The van der Waals surface area contributed by atoms with Crippen molar-refractivity contribution >= 4 is 18.0 Å². The lowest BCUT2D eigenvalue weighted by Crippen LogP contribution is -2.55. The molecule has 196 valence electrons. The standard InChI is InChI=1S/C24H25F5N2O5/c1-3-4-5-6-19-30-18(14(2)36-19)10-12-35-16-8-7-15-9-11-31(20(21(32)33)17(15)13-16)22(34)23(25,26)24(27,28)29/h5-8,13,20H,3-4,9-12H2,1-2H3,(H,32,33). The van der Waals surface area contributed by atoms with Crippen molar-refractivity contribution in [3.63, 3.8) is 0 Å². The molecule has 0 fully saturated rings. The molecule has 0 aliphatic carbocycles. The number of alkyl halides is 5. The number of aromatic nitrogens is 1. The maximum Gasteiger partial charge on any atom is 0.463 e. The first kappa shape index (κ1) is 27.2. The van der Waals surface area contributed by atoms with Crippen LogP contribution >= 0.6 is 0 Å². The number of carbonyl (C=O) groups is 2. The minimum Gasteiger partial charge on any atom is -0.493 e. The van der Waals surface area contributed by atoms with E-state index in [1.54, 1.807) is 13.0 Å². The summed E-state index contributed by atoms with van der Waals surface area (Å²) in [5, 5.41) is 9.61. The summed E-state index contributed by atoms with van der Waals surface area (Å²) >= 11 is 0. The first-order valence-corrected chi connectivity index (χ1v) is 11.2. The molecule has 0 saturated carbocycles. The van der Waals surface area contributed by atoms with Crippen molar-refractivity contribution in [2.24, 2.45) is 0 Å². The normalized spacial score (nSPS) is 16.3. The number of unbranched alkanes of at least 4 members (excludes halogenated alkanes) is 1. The predicted octanol–water partition coefficient (Wildman–Crippen LogP) is 5.13. The number of allylic oxidation sites excluding steroid dienone is 1. The van der Waals surface area contributed by atoms with Crippen LogP contribution in [0.4, 0.5) is 22.0 Å². The number of carbonyl (C=O) groups excluding carboxylic acids is 1. The summed E-state index contributed by atoms with van der Waals surface area (Å²) in [7, 11) is 0. The molecule has 1 aliphatic rings. The summed E-state index contributed by atoms with van der Waals surface area (Å²) in [6.07, 6.45) is -0.320. The van der Waals surface area contributed by atoms with E-state index in [2.05, 4.69) is 4.98 Å². The highest BCUT2D eigenvalue weighted by molar-refractivity contribution is 5.90. The Morgan fingerprint density at radius 1 is 1.28 bits per heavy atom. The predicted molar refractivity (Wildman–Crippen MR) is 118 cm³/mol. The zero-order valence-electron chi connectivity index (χ0n) is 19.6. The highest BCUT2D eigenvalue weighted by Crippen LogP contribution is 2.41. The molecule has 12 heteroatoms. The van der Waals surface area contributed by atoms with Crippen LogP contribution in [0.3, 0.4) is 0 Å². The molecule has 0 radical (unpaired) electrons. The summed E-state index contributed by atoms with van der Waals surface area (Å²) in [6, 6.07) is 2.26. The van der Waals surface area contributed by atoms with Crippen LogP contribution in [0, 0.1) is 6.92 Å². The van der Waals surface area contributed by atoms with Crippen molar-refractivity contribution in [2.45, 2.75) is 57.7 Å². The van der Waals surface area contributed by atoms with E-state index in [-0.39, 0.29) is 29.2 Å². The Balaban J connectivity index is 1.76. The Bertz CT molecular complexity index is 1140. The van der Waals surface area contributed by atoms with Crippen LogP contribution in [0.15, 0.2) is 28.7 Å². The van der Waals surface area contributed by atoms with Crippen molar-refractivity contribution in [1.82, 2.24) is 9.88 Å². The number of amides is 1. The average Bonchev–Trinajstić information content (AvgIpc) is 3.16. The van der Waals surface area contributed by atoms with E-state index >= 15 is 0 Å². The molecule has 0 spiro atoms. The Morgan fingerprint density at radius 3 is 2.64 bits per heavy atom. The van der Waals surface area contributed by atoms with Gasteiger partial charge in [0.1, 0.15) is 11.5 Å². The van der Waals surface area contributed by atoms with Crippen molar-refractivity contribution in [1.29, 1.82) is 0 Å². The van der Waals surface area contributed by atoms with Gasteiger partial charge in [-0.3, -0.25) is 4.79 Å². The second kappa shape index (κ2) is 10.7.